The van der Waals surface area contributed by atoms with Crippen LogP contribution in [0.2, 0.25) is 5.02 Å². The molecule has 0 fully saturated rings. The molecule has 0 saturated carbocycles. The Bertz CT molecular complexity index is 1950. The Kier molecular flexibility index (Phi) is 6.96. The second-order valence-corrected chi connectivity index (χ2v) is 11.7. The summed E-state index contributed by atoms with van der Waals surface area (Å²) < 4.78 is 45.9. The molecule has 1 aliphatic rings. The number of oxazole rings is 1. The van der Waals surface area contributed by atoms with Crippen molar-refractivity contribution in [3.63, 3.8) is 0 Å². The van der Waals surface area contributed by atoms with Gasteiger partial charge in [0, 0.05) is 23.9 Å². The minimum absolute atomic E-state index is 0.00503. The lowest BCUT2D eigenvalue weighted by molar-refractivity contribution is 0.414. The molecule has 9 nitrogen and oxygen atoms in total. The van der Waals surface area contributed by atoms with Crippen molar-refractivity contribution in [3.05, 3.63) is 99.3 Å². The predicted molar refractivity (Wildman–Crippen MR) is 157 cm³/mol. The Balaban J connectivity index is 1.59. The number of benzene rings is 3. The minimum atomic E-state index is -4.41. The quantitative estimate of drug-likeness (QED) is 0.236. The van der Waals surface area contributed by atoms with E-state index < -0.39 is 15.7 Å². The zero-order valence-electron chi connectivity index (χ0n) is 22.3. The number of methoxy groups -OCH3 is 1. The lowest BCUT2D eigenvalue weighted by atomic mass is 10.0. The molecule has 3 heterocycles. The Hall–Kier alpha value is -4.28. The molecule has 0 atom stereocenters. The van der Waals surface area contributed by atoms with E-state index in [0.717, 1.165) is 24.0 Å². The molecule has 3 aromatic carbocycles. The summed E-state index contributed by atoms with van der Waals surface area (Å²) in [6.45, 7) is 2.47. The highest BCUT2D eigenvalue weighted by Crippen LogP contribution is 2.39. The van der Waals surface area contributed by atoms with Gasteiger partial charge >= 0.3 is 10.1 Å². The fraction of sp³-hybridized carbons (Fsp3) is 0.200. The van der Waals surface area contributed by atoms with Gasteiger partial charge in [-0.05, 0) is 60.4 Å². The van der Waals surface area contributed by atoms with Crippen molar-refractivity contribution >= 4 is 38.3 Å². The molecule has 0 amide bonds. The molecule has 0 saturated heterocycles. The number of rotatable bonds is 7. The van der Waals surface area contributed by atoms with Crippen LogP contribution in [0, 0.1) is 6.92 Å². The number of halogens is 1. The second kappa shape index (κ2) is 10.6. The Labute approximate surface area is 241 Å². The van der Waals surface area contributed by atoms with Gasteiger partial charge in [0.15, 0.2) is 11.6 Å². The van der Waals surface area contributed by atoms with Gasteiger partial charge in [-0.1, -0.05) is 35.9 Å². The van der Waals surface area contributed by atoms with Crippen molar-refractivity contribution in [1.82, 2.24) is 9.55 Å². The van der Waals surface area contributed by atoms with Crippen molar-refractivity contribution in [1.29, 1.82) is 0 Å². The van der Waals surface area contributed by atoms with E-state index in [9.17, 15) is 13.2 Å². The summed E-state index contributed by atoms with van der Waals surface area (Å²) in [5, 5.41) is 3.87. The standard InChI is InChI=1S/C30H26ClN3O6S/c1-18-33-24(17-39-18)27-29(40-41(36,37)26-7-3-5-20-6-4-14-32-28(20)26)23-15-21(31)10-13-25(23)34(30(27)35)16-19-8-11-22(38-2)12-9-19/h3,5,7-13,15,17,32H,4,6,14,16H2,1-2H3. The van der Waals surface area contributed by atoms with Crippen molar-refractivity contribution < 1.29 is 21.8 Å². The second-order valence-electron chi connectivity index (χ2n) is 9.71. The Morgan fingerprint density at radius 3 is 2.66 bits per heavy atom. The van der Waals surface area contributed by atoms with Crippen molar-refractivity contribution in [2.24, 2.45) is 0 Å². The maximum Gasteiger partial charge on any atom is 0.341 e. The summed E-state index contributed by atoms with van der Waals surface area (Å²) >= 11 is 6.41. The molecule has 11 heteroatoms. The lowest BCUT2D eigenvalue weighted by Crippen LogP contribution is -2.25. The van der Waals surface area contributed by atoms with E-state index in [2.05, 4.69) is 10.3 Å². The largest absolute Gasteiger partial charge is 0.497 e. The number of nitrogens with zero attached hydrogens (tertiary/aromatic N) is 2. The van der Waals surface area contributed by atoms with E-state index in [-0.39, 0.29) is 28.4 Å². The number of nitrogens with one attached hydrogen (secondary N) is 1. The number of ether oxygens (including phenoxy) is 1. The Morgan fingerprint density at radius 1 is 1.12 bits per heavy atom. The molecule has 1 aliphatic heterocycles. The number of para-hydroxylation sites is 1. The van der Waals surface area contributed by atoms with Crippen LogP contribution in [0.4, 0.5) is 5.69 Å². The molecular weight excluding hydrogens is 566 g/mol. The van der Waals surface area contributed by atoms with Crippen LogP contribution in [0.25, 0.3) is 22.2 Å². The molecule has 0 spiro atoms. The SMILES string of the molecule is COc1ccc(Cn2c(=O)c(-c3coc(C)n3)c(OS(=O)(=O)c3cccc4c3NCCC4)c3cc(Cl)ccc32)cc1. The van der Waals surface area contributed by atoms with Gasteiger partial charge in [0.25, 0.3) is 5.56 Å². The summed E-state index contributed by atoms with van der Waals surface area (Å²) in [6.07, 6.45) is 2.95. The highest BCUT2D eigenvalue weighted by molar-refractivity contribution is 7.87. The number of aromatic nitrogens is 2. The van der Waals surface area contributed by atoms with E-state index >= 15 is 0 Å². The maximum absolute atomic E-state index is 14.2. The van der Waals surface area contributed by atoms with E-state index in [1.165, 1.54) is 16.9 Å². The first kappa shape index (κ1) is 26.9. The minimum Gasteiger partial charge on any atom is -0.497 e. The van der Waals surface area contributed by atoms with Gasteiger partial charge in [0.1, 0.15) is 28.2 Å². The monoisotopic (exact) mass is 591 g/mol. The van der Waals surface area contributed by atoms with Gasteiger partial charge in [-0.25, -0.2) is 4.98 Å². The summed E-state index contributed by atoms with van der Waals surface area (Å²) in [7, 11) is -2.82. The molecule has 210 valence electrons. The smallest absolute Gasteiger partial charge is 0.341 e. The number of fused-ring (bicyclic) bond motifs is 2. The topological polar surface area (TPSA) is 113 Å². The average Bonchev–Trinajstić information content (AvgIpc) is 3.40. The van der Waals surface area contributed by atoms with Crippen LogP contribution in [-0.4, -0.2) is 31.6 Å². The maximum atomic E-state index is 14.2. The number of aryl methyl sites for hydroxylation is 2. The van der Waals surface area contributed by atoms with Crippen LogP contribution in [0.1, 0.15) is 23.4 Å². The molecule has 0 unspecified atom stereocenters. The third kappa shape index (κ3) is 5.05. The van der Waals surface area contributed by atoms with Crippen molar-refractivity contribution in [2.45, 2.75) is 31.2 Å². The summed E-state index contributed by atoms with van der Waals surface area (Å²) in [5.41, 5.74) is 2.27. The molecule has 0 radical (unpaired) electrons. The number of anilines is 1. The molecule has 0 aliphatic carbocycles. The predicted octanol–water partition coefficient (Wildman–Crippen LogP) is 5.80. The highest BCUT2D eigenvalue weighted by Gasteiger charge is 2.30. The molecular formula is C30H26ClN3O6S. The Morgan fingerprint density at radius 2 is 1.93 bits per heavy atom. The normalized spacial score (nSPS) is 13.0. The zero-order chi connectivity index (χ0) is 28.7. The van der Waals surface area contributed by atoms with Gasteiger partial charge in [-0.3, -0.25) is 4.79 Å². The number of pyridine rings is 1. The van der Waals surface area contributed by atoms with Crippen LogP contribution in [0.3, 0.4) is 0 Å². The van der Waals surface area contributed by atoms with Crippen molar-refractivity contribution in [2.75, 3.05) is 19.0 Å². The average molecular weight is 592 g/mol. The van der Waals surface area contributed by atoms with Crippen LogP contribution in [0.5, 0.6) is 11.5 Å². The molecule has 41 heavy (non-hydrogen) atoms. The zero-order valence-corrected chi connectivity index (χ0v) is 23.9. The molecule has 5 aromatic rings. The van der Waals surface area contributed by atoms with Crippen LogP contribution in [-0.2, 0) is 23.1 Å². The first-order chi connectivity index (χ1) is 19.7. The molecule has 1 N–H and O–H groups in total. The number of hydrogen-bond acceptors (Lipinski definition) is 8. The van der Waals surface area contributed by atoms with Gasteiger partial charge < -0.3 is 23.2 Å². The summed E-state index contributed by atoms with van der Waals surface area (Å²) in [6, 6.07) is 17.3. The summed E-state index contributed by atoms with van der Waals surface area (Å²) in [4.78, 5) is 18.6. The first-order valence-electron chi connectivity index (χ1n) is 13.0. The van der Waals surface area contributed by atoms with Crippen molar-refractivity contribution in [3.8, 4) is 22.8 Å². The van der Waals surface area contributed by atoms with Gasteiger partial charge in [-0.2, -0.15) is 8.42 Å². The number of hydrogen-bond donors (Lipinski definition) is 1. The van der Waals surface area contributed by atoms with E-state index in [1.807, 2.05) is 18.2 Å². The molecule has 2 aromatic heterocycles. The van der Waals surface area contributed by atoms with Gasteiger partial charge in [0.2, 0.25) is 0 Å². The van der Waals surface area contributed by atoms with Crippen LogP contribution >= 0.6 is 11.6 Å². The lowest BCUT2D eigenvalue weighted by Gasteiger charge is -2.22. The van der Waals surface area contributed by atoms with Gasteiger partial charge in [0.05, 0.1) is 24.9 Å². The third-order valence-corrected chi connectivity index (χ3v) is 8.55. The first-order valence-corrected chi connectivity index (χ1v) is 14.8. The highest BCUT2D eigenvalue weighted by atomic mass is 35.5. The van der Waals surface area contributed by atoms with Crippen LogP contribution < -0.4 is 19.8 Å². The van der Waals surface area contributed by atoms with E-state index in [0.29, 0.717) is 39.8 Å². The van der Waals surface area contributed by atoms with Gasteiger partial charge in [-0.15, -0.1) is 0 Å². The fourth-order valence-electron chi connectivity index (χ4n) is 5.10. The summed E-state index contributed by atoms with van der Waals surface area (Å²) in [5.74, 6) is 0.825. The van der Waals surface area contributed by atoms with E-state index in [1.54, 1.807) is 50.4 Å². The molecule has 0 bridgehead atoms. The third-order valence-electron chi connectivity index (χ3n) is 7.05. The van der Waals surface area contributed by atoms with Crippen LogP contribution in [0.15, 0.2) is 81.0 Å². The fourth-order valence-corrected chi connectivity index (χ4v) is 6.46. The van der Waals surface area contributed by atoms with E-state index in [4.69, 9.17) is 24.9 Å². The molecule has 6 rings (SSSR count).